The number of nitrogens with one attached hydrogen (secondary N) is 1. The Hall–Kier alpha value is -4.24. The summed E-state index contributed by atoms with van der Waals surface area (Å²) in [5.41, 5.74) is 3.22. The number of para-hydroxylation sites is 1. The summed E-state index contributed by atoms with van der Waals surface area (Å²) < 4.78 is 20.0. The van der Waals surface area contributed by atoms with E-state index in [2.05, 4.69) is 5.32 Å². The van der Waals surface area contributed by atoms with Crippen LogP contribution in [0.15, 0.2) is 78.2 Å². The van der Waals surface area contributed by atoms with E-state index in [0.29, 0.717) is 22.9 Å². The van der Waals surface area contributed by atoms with Gasteiger partial charge in [-0.3, -0.25) is 9.59 Å². The van der Waals surface area contributed by atoms with Crippen LogP contribution in [-0.4, -0.2) is 35.6 Å². The minimum Gasteiger partial charge on any atom is -0.497 e. The zero-order chi connectivity index (χ0) is 24.8. The quantitative estimate of drug-likeness (QED) is 0.338. The van der Waals surface area contributed by atoms with E-state index in [9.17, 15) is 14.0 Å². The third-order valence-electron chi connectivity index (χ3n) is 5.21. The van der Waals surface area contributed by atoms with Crippen LogP contribution in [0.5, 0.6) is 5.75 Å². The Morgan fingerprint density at radius 3 is 2.43 bits per heavy atom. The number of carbonyl (C=O) groups is 2. The number of aliphatic carboxylic acids is 1. The number of carboxylic acid groups (broad SMARTS) is 1. The first-order valence-electron chi connectivity index (χ1n) is 10.7. The Bertz CT molecular complexity index is 1320. The maximum atomic E-state index is 14.8. The fourth-order valence-electron chi connectivity index (χ4n) is 3.41. The highest BCUT2D eigenvalue weighted by atomic mass is 32.1. The molecule has 178 valence electrons. The number of nitrogens with zero attached hydrogens (tertiary/aromatic N) is 2. The molecular formula is C26H22FN3O4S. The van der Waals surface area contributed by atoms with Gasteiger partial charge in [0.2, 0.25) is 0 Å². The standard InChI is InChI=1S/C26H22FN3O4S/c1-34-20-12-10-18(11-13-20)22-16-35-26(29-22)30(23-5-3-2-4-21(23)27)15-17-6-8-19(9-7-17)25(33)28-14-24(31)32/h2-13,16H,14-15H2,1H3,(H,28,33)(H,31,32). The zero-order valence-corrected chi connectivity index (χ0v) is 19.6. The van der Waals surface area contributed by atoms with Crippen LogP contribution < -0.4 is 15.0 Å². The Morgan fingerprint density at radius 1 is 1.06 bits per heavy atom. The number of hydrogen-bond acceptors (Lipinski definition) is 6. The predicted octanol–water partition coefficient (Wildman–Crippen LogP) is 5.11. The molecule has 0 atom stereocenters. The molecule has 0 aliphatic carbocycles. The van der Waals surface area contributed by atoms with Crippen LogP contribution in [0.1, 0.15) is 15.9 Å². The minimum atomic E-state index is -1.12. The number of halogens is 1. The van der Waals surface area contributed by atoms with Gasteiger partial charge in [-0.15, -0.1) is 11.3 Å². The van der Waals surface area contributed by atoms with Gasteiger partial charge in [-0.1, -0.05) is 24.3 Å². The third-order valence-corrected chi connectivity index (χ3v) is 6.07. The van der Waals surface area contributed by atoms with Gasteiger partial charge in [0.25, 0.3) is 5.91 Å². The molecule has 4 aromatic rings. The number of carbonyl (C=O) groups excluding carboxylic acids is 1. The number of anilines is 2. The van der Waals surface area contributed by atoms with E-state index in [1.807, 2.05) is 29.6 Å². The van der Waals surface area contributed by atoms with Gasteiger partial charge in [0.1, 0.15) is 18.1 Å². The molecule has 7 nitrogen and oxygen atoms in total. The lowest BCUT2D eigenvalue weighted by Gasteiger charge is -2.23. The van der Waals surface area contributed by atoms with E-state index in [-0.39, 0.29) is 5.82 Å². The summed E-state index contributed by atoms with van der Waals surface area (Å²) in [6, 6.07) is 20.8. The van der Waals surface area contributed by atoms with Gasteiger partial charge >= 0.3 is 5.97 Å². The van der Waals surface area contributed by atoms with Crippen LogP contribution in [0, 0.1) is 5.82 Å². The molecule has 0 radical (unpaired) electrons. The SMILES string of the molecule is COc1ccc(-c2csc(N(Cc3ccc(C(=O)NCC(=O)O)cc3)c3ccccc3F)n2)cc1. The number of carboxylic acids is 1. The largest absolute Gasteiger partial charge is 0.497 e. The maximum Gasteiger partial charge on any atom is 0.322 e. The highest BCUT2D eigenvalue weighted by Gasteiger charge is 2.18. The number of thiazole rings is 1. The summed E-state index contributed by atoms with van der Waals surface area (Å²) in [6.45, 7) is -0.143. The fraction of sp³-hybridized carbons (Fsp3) is 0.115. The van der Waals surface area contributed by atoms with Crippen LogP contribution in [0.3, 0.4) is 0 Å². The molecule has 0 saturated carbocycles. The van der Waals surface area contributed by atoms with Gasteiger partial charge in [-0.05, 0) is 54.1 Å². The van der Waals surface area contributed by atoms with Gasteiger partial charge in [0.05, 0.1) is 25.0 Å². The lowest BCUT2D eigenvalue weighted by molar-refractivity contribution is -0.135. The van der Waals surface area contributed by atoms with Crippen molar-refractivity contribution < 1.29 is 23.8 Å². The number of benzene rings is 3. The fourth-order valence-corrected chi connectivity index (χ4v) is 4.26. The second kappa shape index (κ2) is 10.8. The predicted molar refractivity (Wildman–Crippen MR) is 133 cm³/mol. The maximum absolute atomic E-state index is 14.8. The first-order chi connectivity index (χ1) is 16.9. The van der Waals surface area contributed by atoms with Crippen molar-refractivity contribution >= 4 is 34.0 Å². The molecule has 2 N–H and O–H groups in total. The average Bonchev–Trinajstić information content (AvgIpc) is 3.37. The summed E-state index contributed by atoms with van der Waals surface area (Å²) in [4.78, 5) is 29.3. The zero-order valence-electron chi connectivity index (χ0n) is 18.8. The van der Waals surface area contributed by atoms with E-state index < -0.39 is 18.4 Å². The Labute approximate surface area is 205 Å². The molecule has 0 spiro atoms. The molecule has 35 heavy (non-hydrogen) atoms. The van der Waals surface area contributed by atoms with Gasteiger partial charge in [0.15, 0.2) is 5.13 Å². The van der Waals surface area contributed by atoms with Gasteiger partial charge < -0.3 is 20.1 Å². The Kier molecular flexibility index (Phi) is 7.37. The van der Waals surface area contributed by atoms with E-state index in [0.717, 1.165) is 22.6 Å². The van der Waals surface area contributed by atoms with E-state index >= 15 is 0 Å². The molecule has 1 heterocycles. The Balaban J connectivity index is 1.60. The van der Waals surface area contributed by atoms with Crippen molar-refractivity contribution in [3.8, 4) is 17.0 Å². The highest BCUT2D eigenvalue weighted by molar-refractivity contribution is 7.14. The first-order valence-corrected chi connectivity index (χ1v) is 11.5. The van der Waals surface area contributed by atoms with Crippen molar-refractivity contribution in [3.05, 3.63) is 95.1 Å². The topological polar surface area (TPSA) is 91.8 Å². The van der Waals surface area contributed by atoms with Gasteiger partial charge in [-0.2, -0.15) is 0 Å². The number of aromatic nitrogens is 1. The first kappa shape index (κ1) is 23.9. The molecular weight excluding hydrogens is 469 g/mol. The van der Waals surface area contributed by atoms with Gasteiger partial charge in [0, 0.05) is 16.5 Å². The number of amides is 1. The van der Waals surface area contributed by atoms with Crippen LogP contribution >= 0.6 is 11.3 Å². The number of methoxy groups -OCH3 is 1. The summed E-state index contributed by atoms with van der Waals surface area (Å²) in [7, 11) is 1.61. The molecule has 0 aliphatic rings. The van der Waals surface area contributed by atoms with Crippen molar-refractivity contribution in [3.63, 3.8) is 0 Å². The molecule has 0 aliphatic heterocycles. The molecule has 0 saturated heterocycles. The van der Waals surface area contributed by atoms with Crippen LogP contribution in [-0.2, 0) is 11.3 Å². The molecule has 4 rings (SSSR count). The number of hydrogen-bond donors (Lipinski definition) is 2. The minimum absolute atomic E-state index is 0.313. The molecule has 9 heteroatoms. The van der Waals surface area contributed by atoms with Crippen molar-refractivity contribution in [2.24, 2.45) is 0 Å². The molecule has 1 aromatic heterocycles. The molecule has 0 bridgehead atoms. The van der Waals surface area contributed by atoms with Crippen molar-refractivity contribution in [2.75, 3.05) is 18.6 Å². The van der Waals surface area contributed by atoms with Gasteiger partial charge in [-0.25, -0.2) is 9.37 Å². The summed E-state index contributed by atoms with van der Waals surface area (Å²) in [6.07, 6.45) is 0. The lowest BCUT2D eigenvalue weighted by atomic mass is 10.1. The Morgan fingerprint density at radius 2 is 1.77 bits per heavy atom. The summed E-state index contributed by atoms with van der Waals surface area (Å²) in [5.74, 6) is -1.22. The normalized spacial score (nSPS) is 10.6. The second-order valence-corrected chi connectivity index (χ2v) is 8.39. The number of rotatable bonds is 9. The van der Waals surface area contributed by atoms with Crippen LogP contribution in [0.25, 0.3) is 11.3 Å². The third kappa shape index (κ3) is 5.82. The summed E-state index contributed by atoms with van der Waals surface area (Å²) in [5, 5.41) is 13.6. The van der Waals surface area contributed by atoms with Crippen molar-refractivity contribution in [1.29, 1.82) is 0 Å². The summed E-state index contributed by atoms with van der Waals surface area (Å²) >= 11 is 1.40. The van der Waals surface area contributed by atoms with E-state index in [1.165, 1.54) is 17.4 Å². The highest BCUT2D eigenvalue weighted by Crippen LogP contribution is 2.35. The number of ether oxygens (including phenoxy) is 1. The molecule has 0 unspecified atom stereocenters. The smallest absolute Gasteiger partial charge is 0.322 e. The van der Waals surface area contributed by atoms with Crippen LogP contribution in [0.2, 0.25) is 0 Å². The molecule has 0 fully saturated rings. The lowest BCUT2D eigenvalue weighted by Crippen LogP contribution is -2.29. The van der Waals surface area contributed by atoms with E-state index in [4.69, 9.17) is 14.8 Å². The molecule has 1 amide bonds. The van der Waals surface area contributed by atoms with E-state index in [1.54, 1.807) is 54.5 Å². The second-order valence-electron chi connectivity index (χ2n) is 7.55. The average molecular weight is 492 g/mol. The van der Waals surface area contributed by atoms with Crippen molar-refractivity contribution in [1.82, 2.24) is 10.3 Å². The van der Waals surface area contributed by atoms with Crippen molar-refractivity contribution in [2.45, 2.75) is 6.54 Å². The van der Waals surface area contributed by atoms with Crippen LogP contribution in [0.4, 0.5) is 15.2 Å². The monoisotopic (exact) mass is 491 g/mol. The molecule has 3 aromatic carbocycles.